The molecule has 0 heterocycles. The highest BCUT2D eigenvalue weighted by molar-refractivity contribution is 5.66. The van der Waals surface area contributed by atoms with Crippen LogP contribution in [0.1, 0.15) is 69.8 Å². The molecule has 0 aliphatic heterocycles. The lowest BCUT2D eigenvalue weighted by Crippen LogP contribution is -2.20. The summed E-state index contributed by atoms with van der Waals surface area (Å²) in [5.41, 5.74) is -0.0684. The molecule has 0 amide bonds. The molecule has 1 aromatic carbocycles. The van der Waals surface area contributed by atoms with Gasteiger partial charge in [0.05, 0.1) is 11.7 Å². The third kappa shape index (κ3) is 8.12. The monoisotopic (exact) mass is 408 g/mol. The molecule has 4 nitrogen and oxygen atoms in total. The van der Waals surface area contributed by atoms with Gasteiger partial charge in [0.25, 0.3) is 0 Å². The van der Waals surface area contributed by atoms with Gasteiger partial charge >= 0.3 is 5.97 Å². The molecular weight excluding hydrogens is 378 g/mol. The Labute approximate surface area is 171 Å². The predicted octanol–water partition coefficient (Wildman–Crippen LogP) is 4.27. The van der Waals surface area contributed by atoms with Crippen LogP contribution in [0.15, 0.2) is 18.2 Å². The number of aliphatic hydroxyl groups excluding tert-OH is 2. The fraction of sp³-hybridized carbons (Fsp3) is 0.609. The maximum Gasteiger partial charge on any atom is 0.303 e. The van der Waals surface area contributed by atoms with E-state index in [1.165, 1.54) is 0 Å². The number of benzene rings is 1. The lowest BCUT2D eigenvalue weighted by Gasteiger charge is -2.22. The quantitative estimate of drug-likeness (QED) is 0.399. The Balaban J connectivity index is 1.76. The maximum absolute atomic E-state index is 13.6. The van der Waals surface area contributed by atoms with Gasteiger partial charge in [0, 0.05) is 6.42 Å². The van der Waals surface area contributed by atoms with Crippen LogP contribution in [0.5, 0.6) is 0 Å². The summed E-state index contributed by atoms with van der Waals surface area (Å²) in [6.07, 6.45) is 6.13. The number of carboxylic acid groups (broad SMARTS) is 1. The minimum atomic E-state index is -0.924. The van der Waals surface area contributed by atoms with E-state index in [1.807, 2.05) is 0 Å². The van der Waals surface area contributed by atoms with Crippen molar-refractivity contribution in [2.75, 3.05) is 0 Å². The molecule has 1 aliphatic rings. The normalized spacial score (nSPS) is 22.1. The molecule has 0 saturated heterocycles. The summed E-state index contributed by atoms with van der Waals surface area (Å²) in [6.45, 7) is 0. The Kier molecular flexibility index (Phi) is 9.56. The second-order valence-corrected chi connectivity index (χ2v) is 7.90. The van der Waals surface area contributed by atoms with Crippen molar-refractivity contribution in [3.63, 3.8) is 0 Å². The van der Waals surface area contributed by atoms with E-state index in [1.54, 1.807) is 0 Å². The molecule has 3 N–H and O–H groups in total. The first-order valence-corrected chi connectivity index (χ1v) is 10.4. The molecular formula is C23H30F2O4. The van der Waals surface area contributed by atoms with Gasteiger partial charge in [0.2, 0.25) is 0 Å². The van der Waals surface area contributed by atoms with Gasteiger partial charge in [-0.05, 0) is 68.6 Å². The molecule has 29 heavy (non-hydrogen) atoms. The largest absolute Gasteiger partial charge is 0.481 e. The van der Waals surface area contributed by atoms with Gasteiger partial charge in [0.1, 0.15) is 17.7 Å². The van der Waals surface area contributed by atoms with Gasteiger partial charge in [-0.15, -0.1) is 0 Å². The van der Waals surface area contributed by atoms with Gasteiger partial charge in [0.15, 0.2) is 0 Å². The fourth-order valence-electron chi connectivity index (χ4n) is 4.12. The molecule has 1 saturated carbocycles. The van der Waals surface area contributed by atoms with E-state index in [0.717, 1.165) is 63.1 Å². The number of unbranched alkanes of at least 4 members (excludes halogenated alkanes) is 3. The lowest BCUT2D eigenvalue weighted by atomic mass is 9.85. The van der Waals surface area contributed by atoms with Crippen LogP contribution < -0.4 is 0 Å². The molecule has 1 aliphatic carbocycles. The molecule has 1 unspecified atom stereocenters. The highest BCUT2D eigenvalue weighted by Gasteiger charge is 2.34. The van der Waals surface area contributed by atoms with E-state index in [-0.39, 0.29) is 24.0 Å². The number of carboxylic acids is 1. The predicted molar refractivity (Wildman–Crippen MR) is 106 cm³/mol. The molecule has 6 heteroatoms. The number of rotatable bonds is 10. The van der Waals surface area contributed by atoms with Crippen LogP contribution >= 0.6 is 0 Å². The van der Waals surface area contributed by atoms with Gasteiger partial charge < -0.3 is 15.3 Å². The Morgan fingerprint density at radius 1 is 1.14 bits per heavy atom. The first-order valence-electron chi connectivity index (χ1n) is 10.4. The van der Waals surface area contributed by atoms with E-state index in [2.05, 4.69) is 11.8 Å². The van der Waals surface area contributed by atoms with Crippen LogP contribution in [0.2, 0.25) is 0 Å². The van der Waals surface area contributed by atoms with Crippen LogP contribution in [0, 0.1) is 35.3 Å². The number of aliphatic carboxylic acids is 1. The molecule has 1 aromatic rings. The summed E-state index contributed by atoms with van der Waals surface area (Å²) in [4.78, 5) is 10.5. The number of hydrogen-bond acceptors (Lipinski definition) is 3. The molecule has 1 fully saturated rings. The fourth-order valence-corrected chi connectivity index (χ4v) is 4.12. The Bertz CT molecular complexity index is 725. The second kappa shape index (κ2) is 11.9. The maximum atomic E-state index is 13.6. The van der Waals surface area contributed by atoms with Crippen LogP contribution in [0.3, 0.4) is 0 Å². The summed E-state index contributed by atoms with van der Waals surface area (Å²) in [5.74, 6) is 3.63. The number of carbonyl (C=O) groups is 1. The molecule has 160 valence electrons. The van der Waals surface area contributed by atoms with Crippen molar-refractivity contribution in [2.45, 2.75) is 76.4 Å². The first kappa shape index (κ1) is 23.3. The zero-order valence-electron chi connectivity index (χ0n) is 16.6. The van der Waals surface area contributed by atoms with Gasteiger partial charge in [-0.1, -0.05) is 31.1 Å². The standard InChI is InChI=1S/C23H30F2O4/c24-18-10-13-21(25)17(15-18)8-12-19(26)11-7-16-9-14-22(27)20(16)5-3-1-2-4-6-23(28)29/h10,13,15-16,19-20,22,26-27H,1-7,9,11,14H2,(H,28,29)/t16-,19?,20+,22-/m0/s1. The third-order valence-corrected chi connectivity index (χ3v) is 5.72. The average molecular weight is 408 g/mol. The SMILES string of the molecule is O=C(O)CCCCCC[C@@H]1[C@@H](CCC(O)C#Cc2cc(F)ccc2F)CC[C@@H]1O. The summed E-state index contributed by atoms with van der Waals surface area (Å²) in [5, 5.41) is 29.0. The highest BCUT2D eigenvalue weighted by Crippen LogP contribution is 2.38. The Hall–Kier alpha value is -1.97. The Morgan fingerprint density at radius 3 is 2.66 bits per heavy atom. The van der Waals surface area contributed by atoms with Crippen molar-refractivity contribution in [1.29, 1.82) is 0 Å². The van der Waals surface area contributed by atoms with Gasteiger partial charge in [-0.2, -0.15) is 0 Å². The highest BCUT2D eigenvalue weighted by atomic mass is 19.1. The summed E-state index contributed by atoms with van der Waals surface area (Å²) in [7, 11) is 0. The van der Waals surface area contributed by atoms with Crippen molar-refractivity contribution in [2.24, 2.45) is 11.8 Å². The van der Waals surface area contributed by atoms with Gasteiger partial charge in [-0.25, -0.2) is 8.78 Å². The van der Waals surface area contributed by atoms with Crippen molar-refractivity contribution >= 4 is 5.97 Å². The van der Waals surface area contributed by atoms with Crippen LogP contribution in [-0.2, 0) is 4.79 Å². The zero-order chi connectivity index (χ0) is 21.2. The second-order valence-electron chi connectivity index (χ2n) is 7.90. The molecule has 0 bridgehead atoms. The first-order chi connectivity index (χ1) is 13.9. The van der Waals surface area contributed by atoms with E-state index >= 15 is 0 Å². The van der Waals surface area contributed by atoms with E-state index < -0.39 is 23.7 Å². The van der Waals surface area contributed by atoms with Crippen LogP contribution in [0.25, 0.3) is 0 Å². The number of aliphatic hydroxyl groups is 2. The minimum Gasteiger partial charge on any atom is -0.481 e. The summed E-state index contributed by atoms with van der Waals surface area (Å²) in [6, 6.07) is 3.04. The van der Waals surface area contributed by atoms with E-state index in [9.17, 15) is 23.8 Å². The average Bonchev–Trinajstić information content (AvgIpc) is 3.03. The molecule has 0 aromatic heterocycles. The third-order valence-electron chi connectivity index (χ3n) is 5.72. The van der Waals surface area contributed by atoms with Crippen molar-refractivity contribution in [3.8, 4) is 11.8 Å². The van der Waals surface area contributed by atoms with Crippen molar-refractivity contribution < 1.29 is 28.9 Å². The van der Waals surface area contributed by atoms with Crippen LogP contribution in [0.4, 0.5) is 8.78 Å². The van der Waals surface area contributed by atoms with E-state index in [4.69, 9.17) is 5.11 Å². The van der Waals surface area contributed by atoms with Crippen molar-refractivity contribution in [1.82, 2.24) is 0 Å². The number of hydrogen-bond donors (Lipinski definition) is 3. The topological polar surface area (TPSA) is 77.8 Å². The zero-order valence-corrected chi connectivity index (χ0v) is 16.6. The summed E-state index contributed by atoms with van der Waals surface area (Å²) >= 11 is 0. The Morgan fingerprint density at radius 2 is 1.90 bits per heavy atom. The minimum absolute atomic E-state index is 0.0684. The van der Waals surface area contributed by atoms with Crippen LogP contribution in [-0.4, -0.2) is 33.5 Å². The smallest absolute Gasteiger partial charge is 0.303 e. The number of halogens is 2. The lowest BCUT2D eigenvalue weighted by molar-refractivity contribution is -0.137. The molecule has 2 rings (SSSR count). The molecule has 0 radical (unpaired) electrons. The molecule has 0 spiro atoms. The van der Waals surface area contributed by atoms with Gasteiger partial charge in [-0.3, -0.25) is 4.79 Å². The van der Waals surface area contributed by atoms with Crippen molar-refractivity contribution in [3.05, 3.63) is 35.4 Å². The summed E-state index contributed by atoms with van der Waals surface area (Å²) < 4.78 is 26.7. The van der Waals surface area contributed by atoms with E-state index in [0.29, 0.717) is 18.8 Å². The molecule has 4 atom stereocenters.